The van der Waals surface area contributed by atoms with Crippen LogP contribution in [0, 0.1) is 10.1 Å². The molecular formula is C20H21NO3. The lowest BCUT2D eigenvalue weighted by molar-refractivity contribution is -0.384. The third-order valence-corrected chi connectivity index (χ3v) is 4.41. The van der Waals surface area contributed by atoms with Crippen molar-refractivity contribution < 1.29 is 9.66 Å². The molecule has 0 saturated carbocycles. The summed E-state index contributed by atoms with van der Waals surface area (Å²) in [6, 6.07) is 10.9. The van der Waals surface area contributed by atoms with E-state index in [-0.39, 0.29) is 10.6 Å². The van der Waals surface area contributed by atoms with Gasteiger partial charge < -0.3 is 4.74 Å². The molecule has 24 heavy (non-hydrogen) atoms. The second-order valence-corrected chi connectivity index (χ2v) is 6.08. The van der Waals surface area contributed by atoms with E-state index in [0.29, 0.717) is 6.61 Å². The molecule has 4 nitrogen and oxygen atoms in total. The minimum Gasteiger partial charge on any atom is -0.494 e. The molecule has 2 aromatic rings. The zero-order chi connectivity index (χ0) is 17.1. The zero-order valence-corrected chi connectivity index (χ0v) is 13.9. The molecule has 0 radical (unpaired) electrons. The Hall–Kier alpha value is -2.62. The smallest absolute Gasteiger partial charge is 0.270 e. The summed E-state index contributed by atoms with van der Waals surface area (Å²) in [5.74, 6) is 0.828. The van der Waals surface area contributed by atoms with Crippen molar-refractivity contribution in [1.82, 2.24) is 0 Å². The third kappa shape index (κ3) is 3.04. The number of benzene rings is 2. The van der Waals surface area contributed by atoms with Crippen molar-refractivity contribution in [3.05, 3.63) is 64.2 Å². The lowest BCUT2D eigenvalue weighted by Gasteiger charge is -2.08. The summed E-state index contributed by atoms with van der Waals surface area (Å²) in [6.07, 6.45) is 4.68. The van der Waals surface area contributed by atoms with Crippen LogP contribution in [0.4, 0.5) is 5.69 Å². The van der Waals surface area contributed by atoms with Crippen LogP contribution in [0.5, 0.6) is 5.75 Å². The van der Waals surface area contributed by atoms with Crippen LogP contribution in [0.3, 0.4) is 0 Å². The Morgan fingerprint density at radius 1 is 1.00 bits per heavy atom. The topological polar surface area (TPSA) is 52.4 Å². The maximum Gasteiger partial charge on any atom is 0.270 e. The first-order valence-electron chi connectivity index (χ1n) is 8.37. The van der Waals surface area contributed by atoms with E-state index in [2.05, 4.69) is 13.5 Å². The van der Waals surface area contributed by atoms with Crippen molar-refractivity contribution in [1.29, 1.82) is 0 Å². The van der Waals surface area contributed by atoms with Gasteiger partial charge >= 0.3 is 0 Å². The van der Waals surface area contributed by atoms with Crippen molar-refractivity contribution in [2.24, 2.45) is 0 Å². The van der Waals surface area contributed by atoms with Crippen LogP contribution in [0.25, 0.3) is 16.7 Å². The molecule has 4 heteroatoms. The van der Waals surface area contributed by atoms with E-state index in [0.717, 1.165) is 40.0 Å². The maximum absolute atomic E-state index is 11.0. The van der Waals surface area contributed by atoms with E-state index in [1.165, 1.54) is 19.3 Å². The molecule has 2 aromatic carbocycles. The minimum absolute atomic E-state index is 0.0927. The van der Waals surface area contributed by atoms with Gasteiger partial charge in [-0.3, -0.25) is 10.1 Å². The van der Waals surface area contributed by atoms with Crippen LogP contribution in [0.2, 0.25) is 0 Å². The zero-order valence-electron chi connectivity index (χ0n) is 13.9. The lowest BCUT2D eigenvalue weighted by atomic mass is 10.1. The van der Waals surface area contributed by atoms with Gasteiger partial charge in [-0.15, -0.1) is 0 Å². The lowest BCUT2D eigenvalue weighted by Crippen LogP contribution is -1.97. The predicted octanol–water partition coefficient (Wildman–Crippen LogP) is 5.60. The quantitative estimate of drug-likeness (QED) is 0.323. The number of fused-ring (bicyclic) bond motifs is 3. The highest BCUT2D eigenvalue weighted by Gasteiger charge is 2.24. The molecule has 0 aliphatic heterocycles. The molecule has 0 spiro atoms. The molecule has 0 fully saturated rings. The van der Waals surface area contributed by atoms with Gasteiger partial charge in [-0.1, -0.05) is 38.8 Å². The number of nitrogens with zero attached hydrogens (tertiary/aromatic N) is 1. The molecule has 1 aliphatic rings. The first kappa shape index (κ1) is 16.2. The summed E-state index contributed by atoms with van der Waals surface area (Å²) >= 11 is 0. The Morgan fingerprint density at radius 2 is 1.71 bits per heavy atom. The molecule has 0 unspecified atom stereocenters. The van der Waals surface area contributed by atoms with Crippen molar-refractivity contribution in [3.63, 3.8) is 0 Å². The summed E-state index contributed by atoms with van der Waals surface area (Å²) in [4.78, 5) is 10.6. The summed E-state index contributed by atoms with van der Waals surface area (Å²) in [6.45, 7) is 7.02. The Balaban J connectivity index is 1.79. The Labute approximate surface area is 141 Å². The number of unbranched alkanes of at least 4 members (excludes halogenated alkanes) is 3. The number of hydrogen-bond donors (Lipinski definition) is 0. The second-order valence-electron chi connectivity index (χ2n) is 6.08. The normalized spacial score (nSPS) is 12.0. The van der Waals surface area contributed by atoms with E-state index in [4.69, 9.17) is 4.74 Å². The van der Waals surface area contributed by atoms with Crippen molar-refractivity contribution in [2.45, 2.75) is 32.6 Å². The van der Waals surface area contributed by atoms with Crippen LogP contribution in [-0.4, -0.2) is 11.5 Å². The van der Waals surface area contributed by atoms with E-state index >= 15 is 0 Å². The van der Waals surface area contributed by atoms with E-state index in [9.17, 15) is 10.1 Å². The van der Waals surface area contributed by atoms with Crippen molar-refractivity contribution >= 4 is 11.3 Å². The largest absolute Gasteiger partial charge is 0.494 e. The molecule has 0 N–H and O–H groups in total. The number of hydrogen-bond acceptors (Lipinski definition) is 3. The molecule has 0 amide bonds. The van der Waals surface area contributed by atoms with Crippen LogP contribution >= 0.6 is 0 Å². The van der Waals surface area contributed by atoms with Crippen LogP contribution in [-0.2, 0) is 0 Å². The van der Waals surface area contributed by atoms with Gasteiger partial charge in [0.1, 0.15) is 5.75 Å². The monoisotopic (exact) mass is 323 g/mol. The standard InChI is InChI=1S/C20H21NO3/c1-3-4-5-6-11-24-16-8-10-18-17-9-7-15(21(22)23)12-19(17)14(2)20(18)13-16/h7-10,12-13H,2-6,11H2,1H3. The highest BCUT2D eigenvalue weighted by atomic mass is 16.6. The third-order valence-electron chi connectivity index (χ3n) is 4.41. The Bertz CT molecular complexity index is 795. The molecule has 0 aromatic heterocycles. The number of ether oxygens (including phenoxy) is 1. The molecule has 0 heterocycles. The number of nitro groups is 1. The van der Waals surface area contributed by atoms with Crippen molar-refractivity contribution in [2.75, 3.05) is 6.61 Å². The fraction of sp³-hybridized carbons (Fsp3) is 0.300. The van der Waals surface area contributed by atoms with Gasteiger partial charge in [0.15, 0.2) is 0 Å². The predicted molar refractivity (Wildman–Crippen MR) is 96.3 cm³/mol. The number of nitro benzene ring substituents is 1. The van der Waals surface area contributed by atoms with E-state index in [1.54, 1.807) is 18.2 Å². The average molecular weight is 323 g/mol. The van der Waals surface area contributed by atoms with E-state index in [1.807, 2.05) is 18.2 Å². The summed E-state index contributed by atoms with van der Waals surface area (Å²) in [7, 11) is 0. The average Bonchev–Trinajstić information content (AvgIpc) is 2.87. The molecule has 1 aliphatic carbocycles. The summed E-state index contributed by atoms with van der Waals surface area (Å²) in [5.41, 5.74) is 4.80. The van der Waals surface area contributed by atoms with Crippen molar-refractivity contribution in [3.8, 4) is 16.9 Å². The summed E-state index contributed by atoms with van der Waals surface area (Å²) < 4.78 is 5.84. The first-order valence-corrected chi connectivity index (χ1v) is 8.37. The summed E-state index contributed by atoms with van der Waals surface area (Å²) in [5, 5.41) is 11.0. The Kier molecular flexibility index (Phi) is 4.65. The van der Waals surface area contributed by atoms with Gasteiger partial charge in [-0.25, -0.2) is 0 Å². The molecular weight excluding hydrogens is 302 g/mol. The molecule has 0 bridgehead atoms. The fourth-order valence-corrected chi connectivity index (χ4v) is 3.09. The highest BCUT2D eigenvalue weighted by Crippen LogP contribution is 2.45. The van der Waals surface area contributed by atoms with Gasteiger partial charge in [-0.05, 0) is 52.4 Å². The molecule has 3 rings (SSSR count). The minimum atomic E-state index is -0.374. The Morgan fingerprint density at radius 3 is 2.42 bits per heavy atom. The number of rotatable bonds is 7. The fourth-order valence-electron chi connectivity index (χ4n) is 3.09. The molecule has 0 atom stereocenters. The van der Waals surface area contributed by atoms with Gasteiger partial charge in [0, 0.05) is 12.1 Å². The maximum atomic E-state index is 11.0. The number of non-ortho nitro benzene ring substituents is 1. The van der Waals surface area contributed by atoms with Crippen LogP contribution in [0.15, 0.2) is 43.0 Å². The van der Waals surface area contributed by atoms with Gasteiger partial charge in [0.2, 0.25) is 0 Å². The van der Waals surface area contributed by atoms with E-state index < -0.39 is 0 Å². The SMILES string of the molecule is C=C1c2cc(OCCCCCC)ccc2-c2ccc([N+](=O)[O-])cc21. The van der Waals surface area contributed by atoms with Crippen LogP contribution < -0.4 is 4.74 Å². The first-order chi connectivity index (χ1) is 11.6. The van der Waals surface area contributed by atoms with Gasteiger partial charge in [-0.2, -0.15) is 0 Å². The van der Waals surface area contributed by atoms with Gasteiger partial charge in [0.05, 0.1) is 11.5 Å². The second kappa shape index (κ2) is 6.87. The molecule has 124 valence electrons. The highest BCUT2D eigenvalue weighted by molar-refractivity contribution is 6.01. The molecule has 0 saturated heterocycles. The van der Waals surface area contributed by atoms with Gasteiger partial charge in [0.25, 0.3) is 5.69 Å². The van der Waals surface area contributed by atoms with Crippen LogP contribution in [0.1, 0.15) is 43.7 Å².